The van der Waals surface area contributed by atoms with E-state index in [1.165, 1.54) is 19.1 Å². The summed E-state index contributed by atoms with van der Waals surface area (Å²) in [6.07, 6.45) is -5.39. The number of carbonyl (C=O) groups is 1. The number of benzene rings is 2. The Kier molecular flexibility index (Phi) is 6.17. The van der Waals surface area contributed by atoms with Crippen LogP contribution in [0.1, 0.15) is 28.3 Å². The number of thioether (sulfide) groups is 1. The summed E-state index contributed by atoms with van der Waals surface area (Å²) in [6, 6.07) is 4.24. The molecule has 1 unspecified atom stereocenters. The second-order valence-electron chi connectivity index (χ2n) is 8.41. The fraction of sp³-hybridized carbons (Fsp3) is 0.280. The van der Waals surface area contributed by atoms with Crippen molar-refractivity contribution in [3.05, 3.63) is 74.6 Å². The van der Waals surface area contributed by atoms with E-state index in [-0.39, 0.29) is 51.3 Å². The fourth-order valence-corrected chi connectivity index (χ4v) is 6.00. The third-order valence-corrected chi connectivity index (χ3v) is 7.62. The summed E-state index contributed by atoms with van der Waals surface area (Å²) in [4.78, 5) is 26.2. The minimum absolute atomic E-state index is 0.0603. The van der Waals surface area contributed by atoms with Crippen LogP contribution in [0.3, 0.4) is 0 Å². The molecule has 194 valence electrons. The second-order valence-corrected chi connectivity index (χ2v) is 9.42. The van der Waals surface area contributed by atoms with Crippen LogP contribution in [-0.4, -0.2) is 30.2 Å². The van der Waals surface area contributed by atoms with Gasteiger partial charge in [-0.25, -0.2) is 13.6 Å². The lowest BCUT2D eigenvalue weighted by molar-refractivity contribution is -0.144. The van der Waals surface area contributed by atoms with Crippen LogP contribution in [-0.2, 0) is 22.1 Å². The van der Waals surface area contributed by atoms with Crippen molar-refractivity contribution in [2.75, 3.05) is 19.7 Å². The Morgan fingerprint density at radius 1 is 1.16 bits per heavy atom. The Labute approximate surface area is 210 Å². The van der Waals surface area contributed by atoms with Gasteiger partial charge in [0, 0.05) is 23.3 Å². The number of methoxy groups -OCH3 is 1. The predicted molar refractivity (Wildman–Crippen MR) is 123 cm³/mol. The average molecular weight is 539 g/mol. The number of hydrogen-bond acceptors (Lipinski definition) is 6. The van der Waals surface area contributed by atoms with Crippen LogP contribution < -0.4 is 15.0 Å². The number of halogens is 5. The van der Waals surface area contributed by atoms with Gasteiger partial charge in [-0.2, -0.15) is 13.2 Å². The summed E-state index contributed by atoms with van der Waals surface area (Å²) in [7, 11) is 1.14. The zero-order chi connectivity index (χ0) is 26.6. The van der Waals surface area contributed by atoms with Gasteiger partial charge in [0.2, 0.25) is 12.5 Å². The third kappa shape index (κ3) is 4.03. The Hall–Kier alpha value is -3.54. The van der Waals surface area contributed by atoms with Crippen LogP contribution in [0.2, 0.25) is 0 Å². The molecular formula is C25H18F5NO5S. The van der Waals surface area contributed by atoms with Crippen LogP contribution in [0.4, 0.5) is 22.0 Å². The van der Waals surface area contributed by atoms with E-state index in [2.05, 4.69) is 0 Å². The van der Waals surface area contributed by atoms with Crippen molar-refractivity contribution in [1.29, 1.82) is 0 Å². The summed E-state index contributed by atoms with van der Waals surface area (Å²) in [5.74, 6) is -2.75. The van der Waals surface area contributed by atoms with Crippen molar-refractivity contribution in [2.24, 2.45) is 0 Å². The van der Waals surface area contributed by atoms with E-state index in [4.69, 9.17) is 14.2 Å². The summed E-state index contributed by atoms with van der Waals surface area (Å²) in [5.41, 5.74) is -2.58. The number of rotatable bonds is 4. The van der Waals surface area contributed by atoms with Gasteiger partial charge < -0.3 is 14.2 Å². The molecule has 37 heavy (non-hydrogen) atoms. The SMILES string of the molecule is COC(=O)C1CSc2c(Cc3c(F)cccc3C(F)(F)F)c(C)c(-c3ccc4c(c3F)OCO4)c(=O)n21. The first-order valence-corrected chi connectivity index (χ1v) is 11.9. The molecule has 0 radical (unpaired) electrons. The zero-order valence-electron chi connectivity index (χ0n) is 19.4. The molecule has 2 aromatic carbocycles. The number of fused-ring (bicyclic) bond motifs is 2. The molecule has 0 N–H and O–H groups in total. The van der Waals surface area contributed by atoms with E-state index < -0.39 is 52.9 Å². The summed E-state index contributed by atoms with van der Waals surface area (Å²) >= 11 is 1.06. The van der Waals surface area contributed by atoms with Crippen molar-refractivity contribution in [2.45, 2.75) is 30.6 Å². The molecule has 0 saturated heterocycles. The Morgan fingerprint density at radius 3 is 2.62 bits per heavy atom. The van der Waals surface area contributed by atoms with Crippen LogP contribution >= 0.6 is 11.8 Å². The molecule has 0 fully saturated rings. The molecule has 3 heterocycles. The Bertz CT molecular complexity index is 1500. The number of esters is 1. The van der Waals surface area contributed by atoms with Gasteiger partial charge in [-0.1, -0.05) is 6.07 Å². The Balaban J connectivity index is 1.80. The maximum atomic E-state index is 15.5. The normalized spacial score (nSPS) is 16.1. The van der Waals surface area contributed by atoms with Gasteiger partial charge in [0.1, 0.15) is 11.9 Å². The van der Waals surface area contributed by atoms with E-state index in [1.807, 2.05) is 0 Å². The molecule has 0 amide bonds. The lowest BCUT2D eigenvalue weighted by atomic mass is 9.92. The smallest absolute Gasteiger partial charge is 0.416 e. The average Bonchev–Trinajstić information content (AvgIpc) is 3.51. The number of nitrogens with zero attached hydrogens (tertiary/aromatic N) is 1. The number of carbonyl (C=O) groups excluding carboxylic acids is 1. The van der Waals surface area contributed by atoms with Crippen molar-refractivity contribution in [3.8, 4) is 22.6 Å². The Morgan fingerprint density at radius 2 is 1.92 bits per heavy atom. The molecule has 3 aromatic rings. The quantitative estimate of drug-likeness (QED) is 0.333. The summed E-state index contributed by atoms with van der Waals surface area (Å²) in [5, 5.41) is 0.194. The molecule has 0 spiro atoms. The molecule has 2 aliphatic heterocycles. The molecule has 5 rings (SSSR count). The highest BCUT2D eigenvalue weighted by Crippen LogP contribution is 2.44. The van der Waals surface area contributed by atoms with E-state index in [0.717, 1.165) is 41.6 Å². The number of alkyl halides is 3. The first-order valence-electron chi connectivity index (χ1n) is 11.0. The van der Waals surface area contributed by atoms with Gasteiger partial charge in [-0.05, 0) is 42.3 Å². The van der Waals surface area contributed by atoms with Gasteiger partial charge in [0.25, 0.3) is 5.56 Å². The number of aromatic nitrogens is 1. The van der Waals surface area contributed by atoms with Crippen LogP contribution in [0.5, 0.6) is 11.5 Å². The van der Waals surface area contributed by atoms with Crippen molar-refractivity contribution < 1.29 is 41.0 Å². The van der Waals surface area contributed by atoms with E-state index in [9.17, 15) is 27.2 Å². The van der Waals surface area contributed by atoms with Crippen molar-refractivity contribution in [1.82, 2.24) is 4.57 Å². The summed E-state index contributed by atoms with van der Waals surface area (Å²) < 4.78 is 87.7. The van der Waals surface area contributed by atoms with Crippen LogP contribution in [0, 0.1) is 18.6 Å². The van der Waals surface area contributed by atoms with Gasteiger partial charge in [0.05, 0.1) is 23.3 Å². The van der Waals surface area contributed by atoms with Gasteiger partial charge in [0.15, 0.2) is 11.6 Å². The van der Waals surface area contributed by atoms with Gasteiger partial charge in [-0.3, -0.25) is 9.36 Å². The monoisotopic (exact) mass is 539 g/mol. The molecule has 0 saturated carbocycles. The molecule has 12 heteroatoms. The standard InChI is InChI=1S/C25H18F5NO5S/c1-11-13(8-14-15(25(28,29)30)4-3-5-16(14)26)23-31(17(9-37-23)24(33)34-2)22(32)19(11)12-6-7-18-21(20(12)27)36-10-35-18/h3-7,17H,8-10H2,1-2H3. The van der Waals surface area contributed by atoms with Crippen LogP contribution in [0.15, 0.2) is 40.2 Å². The van der Waals surface area contributed by atoms with Gasteiger partial charge >= 0.3 is 12.1 Å². The molecule has 6 nitrogen and oxygen atoms in total. The maximum absolute atomic E-state index is 15.5. The highest BCUT2D eigenvalue weighted by atomic mass is 32.2. The highest BCUT2D eigenvalue weighted by Gasteiger charge is 2.38. The topological polar surface area (TPSA) is 66.8 Å². The molecule has 1 atom stereocenters. The van der Waals surface area contributed by atoms with Crippen LogP contribution in [0.25, 0.3) is 11.1 Å². The largest absolute Gasteiger partial charge is 0.467 e. The van der Waals surface area contributed by atoms with E-state index in [1.54, 1.807) is 0 Å². The molecule has 0 aliphatic carbocycles. The lowest BCUT2D eigenvalue weighted by Gasteiger charge is -2.21. The zero-order valence-corrected chi connectivity index (χ0v) is 20.2. The lowest BCUT2D eigenvalue weighted by Crippen LogP contribution is -2.32. The minimum Gasteiger partial charge on any atom is -0.467 e. The summed E-state index contributed by atoms with van der Waals surface area (Å²) in [6.45, 7) is 1.23. The van der Waals surface area contributed by atoms with Gasteiger partial charge in [-0.15, -0.1) is 11.8 Å². The van der Waals surface area contributed by atoms with Crippen molar-refractivity contribution >= 4 is 17.7 Å². The first-order chi connectivity index (χ1) is 17.5. The predicted octanol–water partition coefficient (Wildman–Crippen LogP) is 5.26. The highest BCUT2D eigenvalue weighted by molar-refractivity contribution is 7.99. The third-order valence-electron chi connectivity index (χ3n) is 6.43. The number of ether oxygens (including phenoxy) is 3. The molecule has 1 aromatic heterocycles. The maximum Gasteiger partial charge on any atom is 0.416 e. The van der Waals surface area contributed by atoms with Crippen molar-refractivity contribution in [3.63, 3.8) is 0 Å². The second kappa shape index (κ2) is 9.09. The van der Waals surface area contributed by atoms with E-state index in [0.29, 0.717) is 0 Å². The number of pyridine rings is 1. The minimum atomic E-state index is -4.84. The van der Waals surface area contributed by atoms with E-state index >= 15 is 4.39 Å². The first kappa shape index (κ1) is 25.1. The number of hydrogen-bond donors (Lipinski definition) is 0. The molecule has 0 bridgehead atoms. The molecule has 2 aliphatic rings. The fourth-order valence-electron chi connectivity index (χ4n) is 4.65. The molecular weight excluding hydrogens is 521 g/mol.